The van der Waals surface area contributed by atoms with Gasteiger partial charge in [-0.25, -0.2) is 9.37 Å². The molecule has 1 aliphatic heterocycles. The van der Waals surface area contributed by atoms with Crippen LogP contribution in [-0.4, -0.2) is 47.5 Å². The Labute approximate surface area is 235 Å². The summed E-state index contributed by atoms with van der Waals surface area (Å²) in [6.07, 6.45) is 4.93. The van der Waals surface area contributed by atoms with Crippen molar-refractivity contribution in [3.8, 4) is 39.5 Å². The van der Waals surface area contributed by atoms with Crippen LogP contribution in [0.2, 0.25) is 0 Å². The molecule has 0 saturated carbocycles. The molecule has 0 radical (unpaired) electrons. The van der Waals surface area contributed by atoms with E-state index < -0.39 is 0 Å². The molecule has 1 aromatic carbocycles. The zero-order valence-electron chi connectivity index (χ0n) is 22.8. The van der Waals surface area contributed by atoms with Crippen molar-refractivity contribution in [3.05, 3.63) is 72.3 Å². The standard InChI is InChI=1S/C30H29FN6O2S/c1-6-26(38)36-16-21-12-24(34-37(21)14-18(36)4)29-27(22-8-7-20(31)11-25(22)39-17(2)3)30-23(9-10-40-30)28(33-29)19-13-32-35(5)15-19/h6-13,15,17-18H,1,14,16H2,2-5H3/t18-/m1/s1. The quantitative estimate of drug-likeness (QED) is 0.237. The number of benzene rings is 1. The van der Waals surface area contributed by atoms with Crippen molar-refractivity contribution < 1.29 is 13.9 Å². The van der Waals surface area contributed by atoms with Crippen LogP contribution >= 0.6 is 11.3 Å². The summed E-state index contributed by atoms with van der Waals surface area (Å²) in [6, 6.07) is 8.62. The molecule has 0 bridgehead atoms. The molecule has 0 fully saturated rings. The number of halogens is 1. The third-order valence-electron chi connectivity index (χ3n) is 7.03. The zero-order chi connectivity index (χ0) is 28.1. The summed E-state index contributed by atoms with van der Waals surface area (Å²) in [5.41, 5.74) is 5.48. The molecule has 0 saturated heterocycles. The number of nitrogens with zero attached hydrogens (tertiary/aromatic N) is 6. The number of amides is 1. The van der Waals surface area contributed by atoms with E-state index in [4.69, 9.17) is 14.8 Å². The van der Waals surface area contributed by atoms with Gasteiger partial charge in [0.05, 0.1) is 36.8 Å². The zero-order valence-corrected chi connectivity index (χ0v) is 23.6. The van der Waals surface area contributed by atoms with E-state index in [1.165, 1.54) is 18.2 Å². The second-order valence-corrected chi connectivity index (χ2v) is 11.2. The number of carbonyl (C=O) groups excluding carboxylic acids is 1. The predicted octanol–water partition coefficient (Wildman–Crippen LogP) is 6.07. The van der Waals surface area contributed by atoms with Gasteiger partial charge in [0.2, 0.25) is 5.91 Å². The Balaban J connectivity index is 1.62. The smallest absolute Gasteiger partial charge is 0.246 e. The maximum absolute atomic E-state index is 14.4. The van der Waals surface area contributed by atoms with Crippen LogP contribution in [0.5, 0.6) is 5.75 Å². The van der Waals surface area contributed by atoms with Crippen LogP contribution in [0.25, 0.3) is 43.9 Å². The Hall–Kier alpha value is -4.31. The maximum atomic E-state index is 14.4. The second-order valence-electron chi connectivity index (χ2n) is 10.3. The molecule has 6 rings (SSSR count). The lowest BCUT2D eigenvalue weighted by Crippen LogP contribution is -2.44. The summed E-state index contributed by atoms with van der Waals surface area (Å²) >= 11 is 1.59. The number of ether oxygens (including phenoxy) is 1. The van der Waals surface area contributed by atoms with Gasteiger partial charge in [0.15, 0.2) is 0 Å². The number of fused-ring (bicyclic) bond motifs is 2. The lowest BCUT2D eigenvalue weighted by atomic mass is 9.97. The summed E-state index contributed by atoms with van der Waals surface area (Å²) in [5.74, 6) is -0.0371. The van der Waals surface area contributed by atoms with Crippen LogP contribution in [0, 0.1) is 5.82 Å². The number of rotatable bonds is 6. The molecular weight excluding hydrogens is 527 g/mol. The van der Waals surface area contributed by atoms with E-state index in [1.54, 1.807) is 33.2 Å². The van der Waals surface area contributed by atoms with E-state index in [0.717, 1.165) is 38.2 Å². The number of carbonyl (C=O) groups is 1. The number of aromatic nitrogens is 5. The van der Waals surface area contributed by atoms with Crippen LogP contribution in [-0.2, 0) is 24.9 Å². The van der Waals surface area contributed by atoms with Crippen molar-refractivity contribution in [2.24, 2.45) is 7.05 Å². The average molecular weight is 557 g/mol. The van der Waals surface area contributed by atoms with E-state index in [2.05, 4.69) is 11.7 Å². The van der Waals surface area contributed by atoms with Gasteiger partial charge in [-0.15, -0.1) is 11.3 Å². The summed E-state index contributed by atoms with van der Waals surface area (Å²) in [7, 11) is 1.87. The minimum absolute atomic E-state index is 0.0351. The topological polar surface area (TPSA) is 78.1 Å². The first-order chi connectivity index (χ1) is 19.2. The SMILES string of the molecule is C=CC(=O)N1Cc2cc(-c3nc(-c4cnn(C)c4)c4ccsc4c3-c3ccc(F)cc3OC(C)C)nn2C[C@H]1C. The summed E-state index contributed by atoms with van der Waals surface area (Å²) < 4.78 is 25.2. The van der Waals surface area contributed by atoms with Crippen molar-refractivity contribution in [2.75, 3.05) is 0 Å². The normalized spacial score (nSPS) is 15.1. The number of hydrogen-bond acceptors (Lipinski definition) is 6. The first-order valence-corrected chi connectivity index (χ1v) is 14.0. The second kappa shape index (κ2) is 10.0. The van der Waals surface area contributed by atoms with Crippen molar-refractivity contribution >= 4 is 27.3 Å². The van der Waals surface area contributed by atoms with Gasteiger partial charge >= 0.3 is 0 Å². The fourth-order valence-electron chi connectivity index (χ4n) is 5.23. The summed E-state index contributed by atoms with van der Waals surface area (Å²) in [4.78, 5) is 19.5. The van der Waals surface area contributed by atoms with Crippen molar-refractivity contribution in [3.63, 3.8) is 0 Å². The molecule has 10 heteroatoms. The fraction of sp³-hybridized carbons (Fsp3) is 0.267. The fourth-order valence-corrected chi connectivity index (χ4v) is 6.18. The molecule has 0 unspecified atom stereocenters. The molecule has 5 heterocycles. The Morgan fingerprint density at radius 1 is 1.25 bits per heavy atom. The lowest BCUT2D eigenvalue weighted by Gasteiger charge is -2.33. The maximum Gasteiger partial charge on any atom is 0.246 e. The minimum atomic E-state index is -0.373. The highest BCUT2D eigenvalue weighted by Gasteiger charge is 2.29. The van der Waals surface area contributed by atoms with Gasteiger partial charge in [-0.3, -0.25) is 14.2 Å². The lowest BCUT2D eigenvalue weighted by molar-refractivity contribution is -0.129. The number of aryl methyl sites for hydroxylation is 1. The molecule has 204 valence electrons. The first-order valence-electron chi connectivity index (χ1n) is 13.1. The molecule has 0 spiro atoms. The van der Waals surface area contributed by atoms with Gasteiger partial charge in [0.1, 0.15) is 23.0 Å². The van der Waals surface area contributed by atoms with Crippen LogP contribution in [0.1, 0.15) is 26.5 Å². The Bertz CT molecular complexity index is 1770. The summed E-state index contributed by atoms with van der Waals surface area (Å²) in [6.45, 7) is 10.5. The number of pyridine rings is 1. The molecule has 0 N–H and O–H groups in total. The highest BCUT2D eigenvalue weighted by atomic mass is 32.1. The average Bonchev–Trinajstić information content (AvgIpc) is 3.66. The molecule has 0 aliphatic carbocycles. The van der Waals surface area contributed by atoms with Gasteiger partial charge < -0.3 is 9.64 Å². The van der Waals surface area contributed by atoms with Crippen LogP contribution in [0.3, 0.4) is 0 Å². The molecule has 1 aliphatic rings. The predicted molar refractivity (Wildman–Crippen MR) is 154 cm³/mol. The molecule has 1 atom stereocenters. The van der Waals surface area contributed by atoms with Gasteiger partial charge in [0, 0.05) is 52.1 Å². The van der Waals surface area contributed by atoms with Crippen LogP contribution < -0.4 is 4.74 Å². The molecule has 1 amide bonds. The van der Waals surface area contributed by atoms with Crippen LogP contribution in [0.4, 0.5) is 4.39 Å². The molecule has 4 aromatic heterocycles. The van der Waals surface area contributed by atoms with E-state index in [0.29, 0.717) is 30.2 Å². The van der Waals surface area contributed by atoms with Gasteiger partial charge in [-0.1, -0.05) is 6.58 Å². The van der Waals surface area contributed by atoms with Crippen molar-refractivity contribution in [1.82, 2.24) is 29.4 Å². The van der Waals surface area contributed by atoms with Gasteiger partial charge in [0.25, 0.3) is 0 Å². The van der Waals surface area contributed by atoms with Gasteiger partial charge in [-0.05, 0) is 56.5 Å². The number of hydrogen-bond donors (Lipinski definition) is 0. The minimum Gasteiger partial charge on any atom is -0.490 e. The molecule has 5 aromatic rings. The van der Waals surface area contributed by atoms with E-state index in [9.17, 15) is 9.18 Å². The Morgan fingerprint density at radius 2 is 2.08 bits per heavy atom. The molecule has 8 nitrogen and oxygen atoms in total. The molecular formula is C30H29FN6O2S. The Morgan fingerprint density at radius 3 is 2.80 bits per heavy atom. The third-order valence-corrected chi connectivity index (χ3v) is 7.96. The number of thiophene rings is 1. The van der Waals surface area contributed by atoms with Crippen molar-refractivity contribution in [1.29, 1.82) is 0 Å². The van der Waals surface area contributed by atoms with Crippen molar-refractivity contribution in [2.45, 2.75) is 46.0 Å². The Kier molecular flexibility index (Phi) is 6.50. The van der Waals surface area contributed by atoms with E-state index in [-0.39, 0.29) is 23.9 Å². The summed E-state index contributed by atoms with van der Waals surface area (Å²) in [5, 5.41) is 12.3. The highest BCUT2D eigenvalue weighted by molar-refractivity contribution is 7.18. The molecule has 40 heavy (non-hydrogen) atoms. The first kappa shape index (κ1) is 25.9. The third kappa shape index (κ3) is 4.48. The van der Waals surface area contributed by atoms with E-state index in [1.807, 2.05) is 56.2 Å². The van der Waals surface area contributed by atoms with E-state index >= 15 is 0 Å². The highest BCUT2D eigenvalue weighted by Crippen LogP contribution is 2.46. The van der Waals surface area contributed by atoms with Crippen LogP contribution in [0.15, 0.2) is 60.8 Å². The monoisotopic (exact) mass is 556 g/mol. The largest absolute Gasteiger partial charge is 0.490 e. The van der Waals surface area contributed by atoms with Gasteiger partial charge in [-0.2, -0.15) is 10.2 Å².